The lowest BCUT2D eigenvalue weighted by Crippen LogP contribution is -2.35. The number of nitrogens with zero attached hydrogens (tertiary/aromatic N) is 5. The molecule has 1 atom stereocenters. The Hall–Kier alpha value is -3.54. The Morgan fingerprint density at radius 3 is 2.81 bits per heavy atom. The Balaban J connectivity index is 1.38. The summed E-state index contributed by atoms with van der Waals surface area (Å²) in [5.74, 6) is 5.70. The van der Waals surface area contributed by atoms with E-state index >= 15 is 0 Å². The van der Waals surface area contributed by atoms with Gasteiger partial charge in [0.15, 0.2) is 5.69 Å². The van der Waals surface area contributed by atoms with E-state index in [-0.39, 0.29) is 18.5 Å². The van der Waals surface area contributed by atoms with E-state index in [0.29, 0.717) is 36.5 Å². The molecule has 2 aromatic heterocycles. The molecule has 1 fully saturated rings. The number of carbonyl (C=O) groups excluding carboxylic acids is 1. The molecule has 0 radical (unpaired) electrons. The smallest absolute Gasteiger partial charge is 0.255 e. The first-order valence-electron chi connectivity index (χ1n) is 10.0. The predicted molar refractivity (Wildman–Crippen MR) is 113 cm³/mol. The number of amides is 1. The summed E-state index contributed by atoms with van der Waals surface area (Å²) >= 11 is 0. The van der Waals surface area contributed by atoms with Crippen molar-refractivity contribution in [3.63, 3.8) is 0 Å². The minimum atomic E-state index is -0.657. The zero-order valence-electron chi connectivity index (χ0n) is 17.2. The van der Waals surface area contributed by atoms with Crippen LogP contribution in [0.2, 0.25) is 0 Å². The first kappa shape index (κ1) is 20.7. The third-order valence-corrected chi connectivity index (χ3v) is 4.92. The maximum atomic E-state index is 12.8. The monoisotopic (exact) mass is 417 g/mol. The summed E-state index contributed by atoms with van der Waals surface area (Å²) in [5, 5.41) is 18.9. The average molecular weight is 417 g/mol. The van der Waals surface area contributed by atoms with Crippen LogP contribution in [0.15, 0.2) is 55.0 Å². The summed E-state index contributed by atoms with van der Waals surface area (Å²) in [5.41, 5.74) is 2.59. The molecule has 8 heteroatoms. The second kappa shape index (κ2) is 9.51. The predicted octanol–water partition coefficient (Wildman–Crippen LogP) is 1.32. The van der Waals surface area contributed by atoms with Gasteiger partial charge in [-0.3, -0.25) is 9.78 Å². The topological polar surface area (TPSA) is 93.4 Å². The molecule has 0 aliphatic carbocycles. The Morgan fingerprint density at radius 2 is 2.06 bits per heavy atom. The second-order valence-corrected chi connectivity index (χ2v) is 7.48. The van der Waals surface area contributed by atoms with E-state index in [1.165, 1.54) is 11.1 Å². The van der Waals surface area contributed by atoms with E-state index in [4.69, 9.17) is 4.74 Å². The van der Waals surface area contributed by atoms with Crippen molar-refractivity contribution in [3.05, 3.63) is 77.4 Å². The first-order valence-corrected chi connectivity index (χ1v) is 10.0. The van der Waals surface area contributed by atoms with Gasteiger partial charge in [0.25, 0.3) is 5.91 Å². The van der Waals surface area contributed by atoms with Gasteiger partial charge in [-0.15, -0.1) is 5.10 Å². The van der Waals surface area contributed by atoms with Crippen LogP contribution >= 0.6 is 0 Å². The van der Waals surface area contributed by atoms with E-state index in [9.17, 15) is 9.90 Å². The standard InChI is InChI=1S/C23H23N5O3/c1-27(14-22(29)10-17-5-3-2-4-6-17)23(30)19-9-18(11-24-12-19)7-8-20-13-25-28(26-20)21-15-31-16-21/h2-6,9,11-13,21-22,29H,10,14-16H2,1H3/t22-/m0/s1. The van der Waals surface area contributed by atoms with Crippen molar-refractivity contribution in [3.8, 4) is 11.8 Å². The molecule has 1 aromatic carbocycles. The third-order valence-electron chi connectivity index (χ3n) is 4.92. The minimum absolute atomic E-state index is 0.172. The summed E-state index contributed by atoms with van der Waals surface area (Å²) in [4.78, 5) is 20.0. The number of benzene rings is 1. The van der Waals surface area contributed by atoms with Crippen LogP contribution in [-0.4, -0.2) is 68.8 Å². The lowest BCUT2D eigenvalue weighted by atomic mass is 10.1. The van der Waals surface area contributed by atoms with Crippen molar-refractivity contribution < 1.29 is 14.6 Å². The van der Waals surface area contributed by atoms with Crippen molar-refractivity contribution in [1.29, 1.82) is 0 Å². The van der Waals surface area contributed by atoms with E-state index in [0.717, 1.165) is 5.56 Å². The molecule has 4 rings (SSSR count). The molecule has 1 saturated heterocycles. The highest BCUT2D eigenvalue weighted by Crippen LogP contribution is 2.14. The number of likely N-dealkylation sites (N-methyl/N-ethyl adjacent to an activating group) is 1. The highest BCUT2D eigenvalue weighted by molar-refractivity contribution is 5.94. The lowest BCUT2D eigenvalue weighted by Gasteiger charge is -2.24. The summed E-state index contributed by atoms with van der Waals surface area (Å²) < 4.78 is 5.14. The fourth-order valence-corrected chi connectivity index (χ4v) is 3.20. The maximum Gasteiger partial charge on any atom is 0.255 e. The molecular formula is C23H23N5O3. The van der Waals surface area contributed by atoms with Crippen molar-refractivity contribution in [1.82, 2.24) is 24.9 Å². The van der Waals surface area contributed by atoms with Crippen molar-refractivity contribution in [2.24, 2.45) is 0 Å². The highest BCUT2D eigenvalue weighted by atomic mass is 16.5. The maximum absolute atomic E-state index is 12.8. The molecule has 1 amide bonds. The van der Waals surface area contributed by atoms with E-state index in [1.807, 2.05) is 30.3 Å². The lowest BCUT2D eigenvalue weighted by molar-refractivity contribution is -0.0348. The summed E-state index contributed by atoms with van der Waals surface area (Å²) in [6, 6.07) is 11.6. The van der Waals surface area contributed by atoms with Crippen LogP contribution in [0.4, 0.5) is 0 Å². The van der Waals surface area contributed by atoms with Crippen LogP contribution < -0.4 is 0 Å². The number of hydrogen-bond donors (Lipinski definition) is 1. The van der Waals surface area contributed by atoms with Crippen molar-refractivity contribution in [2.75, 3.05) is 26.8 Å². The molecule has 1 aliphatic rings. The molecule has 1 aliphatic heterocycles. The molecule has 0 bridgehead atoms. The second-order valence-electron chi connectivity index (χ2n) is 7.48. The first-order chi connectivity index (χ1) is 15.1. The van der Waals surface area contributed by atoms with Gasteiger partial charge in [0, 0.05) is 38.0 Å². The third kappa shape index (κ3) is 5.34. The molecule has 0 saturated carbocycles. The number of hydrogen-bond acceptors (Lipinski definition) is 6. The van der Waals surface area contributed by atoms with Gasteiger partial charge in [0.05, 0.1) is 31.1 Å². The molecule has 8 nitrogen and oxygen atoms in total. The average Bonchev–Trinajstić information content (AvgIpc) is 3.19. The summed E-state index contributed by atoms with van der Waals surface area (Å²) in [7, 11) is 1.66. The van der Waals surface area contributed by atoms with Gasteiger partial charge < -0.3 is 14.7 Å². The number of pyridine rings is 1. The van der Waals surface area contributed by atoms with E-state index in [1.54, 1.807) is 30.3 Å². The summed E-state index contributed by atoms with van der Waals surface area (Å²) in [6.45, 7) is 1.45. The zero-order chi connectivity index (χ0) is 21.6. The van der Waals surface area contributed by atoms with Crippen LogP contribution in [0, 0.1) is 11.8 Å². The molecule has 3 aromatic rings. The molecule has 3 heterocycles. The zero-order valence-corrected chi connectivity index (χ0v) is 17.2. The van der Waals surface area contributed by atoms with Gasteiger partial charge in [-0.05, 0) is 17.6 Å². The van der Waals surface area contributed by atoms with E-state index < -0.39 is 6.10 Å². The van der Waals surface area contributed by atoms with Crippen LogP contribution in [0.3, 0.4) is 0 Å². The van der Waals surface area contributed by atoms with Crippen molar-refractivity contribution >= 4 is 5.91 Å². The van der Waals surface area contributed by atoms with Gasteiger partial charge in [-0.25, -0.2) is 0 Å². The fraction of sp³-hybridized carbons (Fsp3) is 0.304. The number of rotatable bonds is 6. The molecule has 158 valence electrons. The van der Waals surface area contributed by atoms with Crippen LogP contribution in [-0.2, 0) is 11.2 Å². The Kier molecular flexibility index (Phi) is 6.36. The van der Waals surface area contributed by atoms with Crippen LogP contribution in [0.5, 0.6) is 0 Å². The quantitative estimate of drug-likeness (QED) is 0.608. The molecule has 0 spiro atoms. The number of ether oxygens (including phenoxy) is 1. The van der Waals surface area contributed by atoms with Crippen LogP contribution in [0.25, 0.3) is 0 Å². The molecule has 0 unspecified atom stereocenters. The summed E-state index contributed by atoms with van der Waals surface area (Å²) in [6.07, 6.45) is 4.53. The Bertz CT molecular complexity index is 1100. The number of aliphatic hydroxyl groups excluding tert-OH is 1. The Morgan fingerprint density at radius 1 is 1.26 bits per heavy atom. The molecule has 1 N–H and O–H groups in total. The normalized spacial score (nSPS) is 14.3. The highest BCUT2D eigenvalue weighted by Gasteiger charge is 2.22. The van der Waals surface area contributed by atoms with Gasteiger partial charge in [-0.2, -0.15) is 9.90 Å². The van der Waals surface area contributed by atoms with Crippen molar-refractivity contribution in [2.45, 2.75) is 18.6 Å². The van der Waals surface area contributed by atoms with E-state index in [2.05, 4.69) is 27.0 Å². The fourth-order valence-electron chi connectivity index (χ4n) is 3.20. The largest absolute Gasteiger partial charge is 0.391 e. The van der Waals surface area contributed by atoms with Crippen LogP contribution in [0.1, 0.15) is 33.2 Å². The Labute approximate surface area is 180 Å². The number of aliphatic hydroxyl groups is 1. The number of carbonyl (C=O) groups is 1. The van der Waals surface area contributed by atoms with Gasteiger partial charge in [0.1, 0.15) is 6.04 Å². The SMILES string of the molecule is CN(C[C@@H](O)Cc1ccccc1)C(=O)c1cncc(C#Cc2cnn(C3COC3)n2)c1. The minimum Gasteiger partial charge on any atom is -0.391 e. The number of aromatic nitrogens is 4. The molecule has 31 heavy (non-hydrogen) atoms. The van der Waals surface area contributed by atoms with Gasteiger partial charge in [0.2, 0.25) is 0 Å². The molecular weight excluding hydrogens is 394 g/mol. The van der Waals surface area contributed by atoms with Gasteiger partial charge >= 0.3 is 0 Å². The van der Waals surface area contributed by atoms with Gasteiger partial charge in [-0.1, -0.05) is 36.3 Å².